The molecule has 1 fully saturated rings. The van der Waals surface area contributed by atoms with E-state index in [2.05, 4.69) is 32.2 Å². The van der Waals surface area contributed by atoms with Crippen LogP contribution in [0.2, 0.25) is 0 Å². The maximum Gasteiger partial charge on any atom is 0.239 e. The molecule has 5 nitrogen and oxygen atoms in total. The Kier molecular flexibility index (Phi) is 5.70. The molecule has 0 aliphatic carbocycles. The summed E-state index contributed by atoms with van der Waals surface area (Å²) in [6, 6.07) is 8.13. The van der Waals surface area contributed by atoms with Crippen LogP contribution in [-0.2, 0) is 16.1 Å². The van der Waals surface area contributed by atoms with E-state index in [1.807, 2.05) is 29.0 Å². The molecule has 0 unspecified atom stereocenters. The number of fused-ring (bicyclic) bond motifs is 1. The van der Waals surface area contributed by atoms with Crippen LogP contribution in [-0.4, -0.2) is 54.8 Å². The number of amides is 1. The standard InChI is InChI=1S/C17H22BrN3O2/c18-15-2-3-16-14(12-15)4-7-21(16)13-17(22)19-5-1-6-20-8-10-23-11-9-20/h2-4,7,12H,1,5-6,8-11,13H2,(H,19,22). The molecule has 2 heterocycles. The lowest BCUT2D eigenvalue weighted by molar-refractivity contribution is -0.121. The monoisotopic (exact) mass is 379 g/mol. The molecule has 1 aromatic heterocycles. The predicted molar refractivity (Wildman–Crippen MR) is 94.5 cm³/mol. The summed E-state index contributed by atoms with van der Waals surface area (Å²) in [5.74, 6) is 0.0624. The molecule has 0 atom stereocenters. The minimum Gasteiger partial charge on any atom is -0.379 e. The molecular weight excluding hydrogens is 358 g/mol. The second-order valence-corrected chi connectivity index (χ2v) is 6.72. The predicted octanol–water partition coefficient (Wildman–Crippen LogP) is 2.24. The van der Waals surface area contributed by atoms with Crippen molar-refractivity contribution < 1.29 is 9.53 Å². The fraction of sp³-hybridized carbons (Fsp3) is 0.471. The number of benzene rings is 1. The summed E-state index contributed by atoms with van der Waals surface area (Å²) >= 11 is 3.47. The van der Waals surface area contributed by atoms with Gasteiger partial charge in [0.1, 0.15) is 6.54 Å². The van der Waals surface area contributed by atoms with Crippen LogP contribution in [0.4, 0.5) is 0 Å². The van der Waals surface area contributed by atoms with Crippen molar-refractivity contribution >= 4 is 32.7 Å². The molecule has 0 radical (unpaired) electrons. The number of halogens is 1. The van der Waals surface area contributed by atoms with Gasteiger partial charge in [-0.05, 0) is 37.2 Å². The summed E-state index contributed by atoms with van der Waals surface area (Å²) in [7, 11) is 0. The van der Waals surface area contributed by atoms with Gasteiger partial charge in [-0.25, -0.2) is 0 Å². The van der Waals surface area contributed by atoms with E-state index in [4.69, 9.17) is 4.74 Å². The van der Waals surface area contributed by atoms with E-state index < -0.39 is 0 Å². The number of aromatic nitrogens is 1. The zero-order chi connectivity index (χ0) is 16.1. The van der Waals surface area contributed by atoms with Gasteiger partial charge in [-0.1, -0.05) is 15.9 Å². The van der Waals surface area contributed by atoms with Crippen LogP contribution >= 0.6 is 15.9 Å². The summed E-state index contributed by atoms with van der Waals surface area (Å²) in [4.78, 5) is 14.5. The van der Waals surface area contributed by atoms with Crippen molar-refractivity contribution in [2.24, 2.45) is 0 Å². The fourth-order valence-corrected chi connectivity index (χ4v) is 3.25. The van der Waals surface area contributed by atoms with Gasteiger partial charge < -0.3 is 14.6 Å². The first kappa shape index (κ1) is 16.5. The second kappa shape index (κ2) is 7.95. The first-order valence-electron chi connectivity index (χ1n) is 8.03. The first-order chi connectivity index (χ1) is 11.2. The van der Waals surface area contributed by atoms with E-state index in [9.17, 15) is 4.79 Å². The van der Waals surface area contributed by atoms with Crippen LogP contribution in [0.25, 0.3) is 10.9 Å². The van der Waals surface area contributed by atoms with Crippen molar-refractivity contribution in [3.05, 3.63) is 34.9 Å². The molecule has 1 saturated heterocycles. The number of carbonyl (C=O) groups excluding carboxylic acids is 1. The molecule has 1 aromatic carbocycles. The highest BCUT2D eigenvalue weighted by Crippen LogP contribution is 2.20. The summed E-state index contributed by atoms with van der Waals surface area (Å²) in [5, 5.41) is 4.15. The molecule has 1 aliphatic heterocycles. The number of hydrogen-bond acceptors (Lipinski definition) is 3. The smallest absolute Gasteiger partial charge is 0.239 e. The Morgan fingerprint density at radius 1 is 1.26 bits per heavy atom. The van der Waals surface area contributed by atoms with E-state index in [1.165, 1.54) is 0 Å². The molecular formula is C17H22BrN3O2. The minimum atomic E-state index is 0.0624. The van der Waals surface area contributed by atoms with Gasteiger partial charge in [0, 0.05) is 41.2 Å². The van der Waals surface area contributed by atoms with Crippen molar-refractivity contribution in [2.75, 3.05) is 39.4 Å². The number of ether oxygens (including phenoxy) is 1. The van der Waals surface area contributed by atoms with Crippen LogP contribution in [0.3, 0.4) is 0 Å². The van der Waals surface area contributed by atoms with Crippen molar-refractivity contribution in [3.8, 4) is 0 Å². The SMILES string of the molecule is O=C(Cn1ccc2cc(Br)ccc21)NCCCN1CCOCC1. The highest BCUT2D eigenvalue weighted by molar-refractivity contribution is 9.10. The number of nitrogens with one attached hydrogen (secondary N) is 1. The zero-order valence-electron chi connectivity index (χ0n) is 13.1. The van der Waals surface area contributed by atoms with Crippen molar-refractivity contribution in [1.82, 2.24) is 14.8 Å². The Hall–Kier alpha value is -1.37. The molecule has 0 saturated carbocycles. The van der Waals surface area contributed by atoms with Gasteiger partial charge in [-0.3, -0.25) is 9.69 Å². The topological polar surface area (TPSA) is 46.5 Å². The van der Waals surface area contributed by atoms with E-state index in [0.717, 1.165) is 61.2 Å². The summed E-state index contributed by atoms with van der Waals surface area (Å²) in [6.07, 6.45) is 2.94. The van der Waals surface area contributed by atoms with Gasteiger partial charge in [-0.15, -0.1) is 0 Å². The Bertz CT molecular complexity index is 665. The molecule has 0 bridgehead atoms. The molecule has 2 aromatic rings. The van der Waals surface area contributed by atoms with Gasteiger partial charge in [-0.2, -0.15) is 0 Å². The van der Waals surface area contributed by atoms with Gasteiger partial charge in [0.2, 0.25) is 5.91 Å². The maximum absolute atomic E-state index is 12.1. The van der Waals surface area contributed by atoms with Crippen molar-refractivity contribution in [1.29, 1.82) is 0 Å². The molecule has 0 spiro atoms. The Balaban J connectivity index is 1.43. The number of rotatable bonds is 6. The Morgan fingerprint density at radius 2 is 2.09 bits per heavy atom. The molecule has 124 valence electrons. The molecule has 6 heteroatoms. The van der Waals surface area contributed by atoms with Crippen LogP contribution in [0.15, 0.2) is 34.9 Å². The summed E-state index contributed by atoms with van der Waals surface area (Å²) in [6.45, 7) is 5.75. The van der Waals surface area contributed by atoms with Crippen LogP contribution in [0, 0.1) is 0 Å². The second-order valence-electron chi connectivity index (χ2n) is 5.80. The highest BCUT2D eigenvalue weighted by Gasteiger charge is 2.10. The molecule has 1 N–H and O–H groups in total. The number of carbonyl (C=O) groups is 1. The quantitative estimate of drug-likeness (QED) is 0.782. The van der Waals surface area contributed by atoms with E-state index in [0.29, 0.717) is 6.54 Å². The van der Waals surface area contributed by atoms with Gasteiger partial charge in [0.25, 0.3) is 0 Å². The first-order valence-corrected chi connectivity index (χ1v) is 8.83. The zero-order valence-corrected chi connectivity index (χ0v) is 14.7. The molecule has 3 rings (SSSR count). The lowest BCUT2D eigenvalue weighted by Crippen LogP contribution is -2.38. The summed E-state index contributed by atoms with van der Waals surface area (Å²) < 4.78 is 8.36. The third-order valence-electron chi connectivity index (χ3n) is 4.12. The minimum absolute atomic E-state index is 0.0624. The highest BCUT2D eigenvalue weighted by atomic mass is 79.9. The largest absolute Gasteiger partial charge is 0.379 e. The van der Waals surface area contributed by atoms with Crippen LogP contribution in [0.1, 0.15) is 6.42 Å². The normalized spacial score (nSPS) is 15.9. The Labute approximate surface area is 144 Å². The van der Waals surface area contributed by atoms with Crippen LogP contribution in [0.5, 0.6) is 0 Å². The van der Waals surface area contributed by atoms with Crippen molar-refractivity contribution in [2.45, 2.75) is 13.0 Å². The maximum atomic E-state index is 12.1. The Morgan fingerprint density at radius 3 is 2.91 bits per heavy atom. The lowest BCUT2D eigenvalue weighted by Gasteiger charge is -2.26. The molecule has 1 amide bonds. The lowest BCUT2D eigenvalue weighted by atomic mass is 10.2. The van der Waals surface area contributed by atoms with E-state index in [1.54, 1.807) is 0 Å². The summed E-state index contributed by atoms with van der Waals surface area (Å²) in [5.41, 5.74) is 1.08. The number of hydrogen-bond donors (Lipinski definition) is 1. The van der Waals surface area contributed by atoms with Gasteiger partial charge in [0.15, 0.2) is 0 Å². The molecule has 1 aliphatic rings. The molecule has 23 heavy (non-hydrogen) atoms. The van der Waals surface area contributed by atoms with E-state index in [-0.39, 0.29) is 5.91 Å². The van der Waals surface area contributed by atoms with E-state index >= 15 is 0 Å². The van der Waals surface area contributed by atoms with Gasteiger partial charge >= 0.3 is 0 Å². The van der Waals surface area contributed by atoms with Crippen molar-refractivity contribution in [3.63, 3.8) is 0 Å². The average molecular weight is 380 g/mol. The third kappa shape index (κ3) is 4.56. The van der Waals surface area contributed by atoms with Crippen LogP contribution < -0.4 is 5.32 Å². The van der Waals surface area contributed by atoms with Gasteiger partial charge in [0.05, 0.1) is 13.2 Å². The number of morpholine rings is 1. The fourth-order valence-electron chi connectivity index (χ4n) is 2.87. The average Bonchev–Trinajstić information content (AvgIpc) is 2.94. The third-order valence-corrected chi connectivity index (χ3v) is 4.62. The number of nitrogens with zero attached hydrogens (tertiary/aromatic N) is 2.